The highest BCUT2D eigenvalue weighted by Gasteiger charge is 2.16. The fraction of sp³-hybridized carbons (Fsp3) is 0. The van der Waals surface area contributed by atoms with E-state index < -0.39 is 15.9 Å². The van der Waals surface area contributed by atoms with Gasteiger partial charge in [0, 0.05) is 16.1 Å². The fourth-order valence-corrected chi connectivity index (χ4v) is 2.53. The monoisotopic (exact) mass is 366 g/mol. The maximum Gasteiger partial charge on any atom is 0.294 e. The number of carbonyl (C=O) groups excluding carboxylic acids is 1. The van der Waals surface area contributed by atoms with Gasteiger partial charge in [0.2, 0.25) is 0 Å². The van der Waals surface area contributed by atoms with Crippen LogP contribution in [-0.4, -0.2) is 18.8 Å². The van der Waals surface area contributed by atoms with Gasteiger partial charge in [-0.2, -0.15) is 8.42 Å². The van der Waals surface area contributed by atoms with Crippen LogP contribution in [0.4, 0.5) is 0 Å². The van der Waals surface area contributed by atoms with Crippen LogP contribution >= 0.6 is 35.6 Å². The second kappa shape index (κ2) is 6.77. The third-order valence-corrected chi connectivity index (χ3v) is 3.98. The second-order valence-corrected chi connectivity index (χ2v) is 6.22. The van der Waals surface area contributed by atoms with E-state index in [0.717, 1.165) is 6.07 Å². The van der Waals surface area contributed by atoms with Gasteiger partial charge in [-0.1, -0.05) is 35.3 Å². The zero-order valence-corrected chi connectivity index (χ0v) is 13.4. The van der Waals surface area contributed by atoms with Crippen LogP contribution in [0.15, 0.2) is 47.4 Å². The van der Waals surface area contributed by atoms with Gasteiger partial charge >= 0.3 is 0 Å². The third-order valence-electron chi connectivity index (χ3n) is 2.57. The smallest absolute Gasteiger partial charge is 0.289 e. The molecule has 0 spiro atoms. The molecule has 0 fully saturated rings. The molecule has 0 aliphatic rings. The molecule has 1 N–H and O–H groups in total. The average Bonchev–Trinajstić information content (AvgIpc) is 2.40. The molecule has 0 aromatic heterocycles. The van der Waals surface area contributed by atoms with Crippen molar-refractivity contribution in [1.29, 1.82) is 0 Å². The Hall–Kier alpha value is -1.11. The largest absolute Gasteiger partial charge is 0.294 e. The van der Waals surface area contributed by atoms with Crippen molar-refractivity contribution in [3.8, 4) is 0 Å². The van der Waals surface area contributed by atoms with Crippen LogP contribution in [0.5, 0.6) is 0 Å². The first kappa shape index (κ1) is 17.9. The summed E-state index contributed by atoms with van der Waals surface area (Å²) in [7, 11) is -4.37. The quantitative estimate of drug-likeness (QED) is 0.660. The third kappa shape index (κ3) is 4.18. The number of benzene rings is 2. The van der Waals surface area contributed by atoms with Gasteiger partial charge in [-0.15, -0.1) is 12.4 Å². The molecule has 0 amide bonds. The van der Waals surface area contributed by atoms with Gasteiger partial charge in [0.05, 0.1) is 9.92 Å². The number of rotatable bonds is 3. The second-order valence-electron chi connectivity index (χ2n) is 3.96. The van der Waals surface area contributed by atoms with Crippen molar-refractivity contribution in [2.75, 3.05) is 0 Å². The Kier molecular flexibility index (Phi) is 5.78. The maximum atomic E-state index is 12.3. The Morgan fingerprint density at radius 3 is 2.33 bits per heavy atom. The minimum Gasteiger partial charge on any atom is -0.289 e. The van der Waals surface area contributed by atoms with Crippen molar-refractivity contribution in [3.05, 3.63) is 63.6 Å². The first-order valence-electron chi connectivity index (χ1n) is 5.36. The van der Waals surface area contributed by atoms with E-state index in [1.807, 2.05) is 0 Å². The van der Waals surface area contributed by atoms with E-state index in [9.17, 15) is 13.2 Å². The highest BCUT2D eigenvalue weighted by Crippen LogP contribution is 2.24. The van der Waals surface area contributed by atoms with E-state index >= 15 is 0 Å². The van der Waals surface area contributed by atoms with E-state index in [-0.39, 0.29) is 33.5 Å². The van der Waals surface area contributed by atoms with Crippen LogP contribution in [0.3, 0.4) is 0 Å². The van der Waals surface area contributed by atoms with Gasteiger partial charge < -0.3 is 0 Å². The molecule has 0 aliphatic carbocycles. The van der Waals surface area contributed by atoms with E-state index in [4.69, 9.17) is 27.8 Å². The van der Waals surface area contributed by atoms with Crippen molar-refractivity contribution >= 4 is 51.5 Å². The molecule has 2 rings (SSSR count). The van der Waals surface area contributed by atoms with E-state index in [1.165, 1.54) is 36.4 Å². The molecule has 0 aliphatic heterocycles. The predicted molar refractivity (Wildman–Crippen MR) is 83.4 cm³/mol. The van der Waals surface area contributed by atoms with Crippen LogP contribution in [0, 0.1) is 0 Å². The first-order chi connectivity index (χ1) is 9.29. The van der Waals surface area contributed by atoms with Crippen LogP contribution in [-0.2, 0) is 10.1 Å². The van der Waals surface area contributed by atoms with Crippen LogP contribution in [0.2, 0.25) is 10.0 Å². The molecule has 0 saturated carbocycles. The van der Waals surface area contributed by atoms with Gasteiger partial charge in [-0.25, -0.2) is 0 Å². The lowest BCUT2D eigenvalue weighted by Crippen LogP contribution is -2.05. The van der Waals surface area contributed by atoms with Crippen molar-refractivity contribution < 1.29 is 17.8 Å². The molecule has 0 radical (unpaired) electrons. The SMILES string of the molecule is Cl.O=C(c1cccc(S(=O)(=O)O)c1)c1cc(Cl)ccc1Cl. The van der Waals surface area contributed by atoms with Gasteiger partial charge in [0.15, 0.2) is 5.78 Å². The summed E-state index contributed by atoms with van der Waals surface area (Å²) < 4.78 is 31.1. The van der Waals surface area contributed by atoms with Gasteiger partial charge in [0.1, 0.15) is 0 Å². The number of carbonyl (C=O) groups is 1. The topological polar surface area (TPSA) is 71.4 Å². The normalized spacial score (nSPS) is 10.8. The standard InChI is InChI=1S/C13H8Cl2O4S.ClH/c14-9-4-5-12(15)11(7-9)13(16)8-2-1-3-10(6-8)20(17,18)19;/h1-7H,(H,17,18,19);1H. The minimum atomic E-state index is -4.37. The zero-order chi connectivity index (χ0) is 14.9. The Morgan fingerprint density at radius 2 is 1.71 bits per heavy atom. The highest BCUT2D eigenvalue weighted by atomic mass is 35.5. The zero-order valence-electron chi connectivity index (χ0n) is 10.3. The van der Waals surface area contributed by atoms with Gasteiger partial charge in [-0.3, -0.25) is 9.35 Å². The first-order valence-corrected chi connectivity index (χ1v) is 7.56. The molecule has 0 heterocycles. The molecule has 4 nitrogen and oxygen atoms in total. The van der Waals surface area contributed by atoms with Crippen LogP contribution < -0.4 is 0 Å². The molecule has 0 saturated heterocycles. The summed E-state index contributed by atoms with van der Waals surface area (Å²) in [4.78, 5) is 11.9. The minimum absolute atomic E-state index is 0. The Bertz CT molecular complexity index is 788. The summed E-state index contributed by atoms with van der Waals surface area (Å²) in [6.07, 6.45) is 0. The van der Waals surface area contributed by atoms with Gasteiger partial charge in [-0.05, 0) is 30.3 Å². The molecule has 8 heteroatoms. The number of hydrogen-bond donors (Lipinski definition) is 1. The van der Waals surface area contributed by atoms with Crippen molar-refractivity contribution in [1.82, 2.24) is 0 Å². The molecule has 112 valence electrons. The molecule has 0 unspecified atom stereocenters. The summed E-state index contributed by atoms with van der Waals surface area (Å²) in [5.41, 5.74) is 0.246. The molecular formula is C13H9Cl3O4S. The van der Waals surface area contributed by atoms with Crippen molar-refractivity contribution in [3.63, 3.8) is 0 Å². The lowest BCUT2D eigenvalue weighted by atomic mass is 10.0. The van der Waals surface area contributed by atoms with Crippen LogP contribution in [0.1, 0.15) is 15.9 Å². The Morgan fingerprint density at radius 1 is 1.05 bits per heavy atom. The van der Waals surface area contributed by atoms with Gasteiger partial charge in [0.25, 0.3) is 10.1 Å². The van der Waals surface area contributed by atoms with Crippen LogP contribution in [0.25, 0.3) is 0 Å². The molecular weight excluding hydrogens is 359 g/mol. The lowest BCUT2D eigenvalue weighted by molar-refractivity contribution is 0.103. The van der Waals surface area contributed by atoms with E-state index in [2.05, 4.69) is 0 Å². The summed E-state index contributed by atoms with van der Waals surface area (Å²) >= 11 is 11.7. The summed E-state index contributed by atoms with van der Waals surface area (Å²) in [6, 6.07) is 9.45. The van der Waals surface area contributed by atoms with E-state index in [1.54, 1.807) is 0 Å². The number of hydrogen-bond acceptors (Lipinski definition) is 3. The Balaban J connectivity index is 0.00000220. The lowest BCUT2D eigenvalue weighted by Gasteiger charge is -2.05. The fourth-order valence-electron chi connectivity index (χ4n) is 1.62. The maximum absolute atomic E-state index is 12.3. The molecule has 0 bridgehead atoms. The van der Waals surface area contributed by atoms with E-state index in [0.29, 0.717) is 5.02 Å². The highest BCUT2D eigenvalue weighted by molar-refractivity contribution is 7.85. The predicted octanol–water partition coefficient (Wildman–Crippen LogP) is 3.89. The summed E-state index contributed by atoms with van der Waals surface area (Å²) in [5, 5.41) is 0.542. The molecule has 2 aromatic rings. The summed E-state index contributed by atoms with van der Waals surface area (Å²) in [5.74, 6) is -0.483. The number of ketones is 1. The molecule has 0 atom stereocenters. The molecule has 2 aromatic carbocycles. The Labute approximate surface area is 137 Å². The average molecular weight is 368 g/mol. The summed E-state index contributed by atoms with van der Waals surface area (Å²) in [6.45, 7) is 0. The molecule has 21 heavy (non-hydrogen) atoms. The number of halogens is 3. The van der Waals surface area contributed by atoms with Crippen molar-refractivity contribution in [2.24, 2.45) is 0 Å². The van der Waals surface area contributed by atoms with Crippen molar-refractivity contribution in [2.45, 2.75) is 4.90 Å².